The van der Waals surface area contributed by atoms with Crippen LogP contribution in [0.2, 0.25) is 0 Å². The minimum absolute atomic E-state index is 0.0144. The van der Waals surface area contributed by atoms with E-state index in [4.69, 9.17) is 14.2 Å². The number of ether oxygens (including phenoxy) is 3. The molecular formula is C51H100N2O8. The minimum Gasteiger partial charge on any atom is -0.466 e. The van der Waals surface area contributed by atoms with Crippen molar-refractivity contribution in [3.63, 3.8) is 0 Å². The summed E-state index contributed by atoms with van der Waals surface area (Å²) >= 11 is 0. The van der Waals surface area contributed by atoms with Gasteiger partial charge in [0.2, 0.25) is 0 Å². The van der Waals surface area contributed by atoms with Crippen molar-refractivity contribution in [2.45, 2.75) is 265 Å². The number of nitrogens with zero attached hydrogens (tertiary/aromatic N) is 1. The highest BCUT2D eigenvalue weighted by Crippen LogP contribution is 2.21. The van der Waals surface area contributed by atoms with Crippen molar-refractivity contribution < 1.29 is 38.8 Å². The van der Waals surface area contributed by atoms with Crippen molar-refractivity contribution in [1.82, 2.24) is 10.2 Å². The molecule has 0 spiro atoms. The van der Waals surface area contributed by atoms with E-state index in [9.17, 15) is 24.6 Å². The Balaban J connectivity index is 4.71. The van der Waals surface area contributed by atoms with Gasteiger partial charge in [0.05, 0.1) is 31.3 Å². The molecule has 10 nitrogen and oxygen atoms in total. The predicted octanol–water partition coefficient (Wildman–Crippen LogP) is 12.8. The normalized spacial score (nSPS) is 12.8. The number of carbonyl (C=O) groups excluding carboxylic acids is 3. The van der Waals surface area contributed by atoms with Crippen LogP contribution in [0.3, 0.4) is 0 Å². The van der Waals surface area contributed by atoms with Crippen LogP contribution in [-0.4, -0.2) is 90.3 Å². The summed E-state index contributed by atoms with van der Waals surface area (Å²) in [6.45, 7) is 15.1. The number of alkyl carbamates (subject to hydrolysis) is 1. The zero-order valence-corrected chi connectivity index (χ0v) is 40.9. The van der Waals surface area contributed by atoms with E-state index in [1.165, 1.54) is 103 Å². The van der Waals surface area contributed by atoms with Crippen LogP contribution in [0.4, 0.5) is 4.79 Å². The summed E-state index contributed by atoms with van der Waals surface area (Å²) in [5, 5.41) is 24.8. The monoisotopic (exact) mass is 869 g/mol. The summed E-state index contributed by atoms with van der Waals surface area (Å²) in [6.07, 6.45) is 31.9. The van der Waals surface area contributed by atoms with E-state index in [-0.39, 0.29) is 17.9 Å². The van der Waals surface area contributed by atoms with Gasteiger partial charge in [-0.3, -0.25) is 14.5 Å². The number of carbonyl (C=O) groups is 3. The fraction of sp³-hybridized carbons (Fsp3) is 0.941. The Bertz CT molecular complexity index is 989. The van der Waals surface area contributed by atoms with Crippen molar-refractivity contribution in [3.05, 3.63) is 0 Å². The molecule has 0 heterocycles. The first-order valence-corrected chi connectivity index (χ1v) is 25.8. The number of hydrogen-bond acceptors (Lipinski definition) is 9. The van der Waals surface area contributed by atoms with Crippen molar-refractivity contribution in [1.29, 1.82) is 0 Å². The molecule has 0 aliphatic rings. The predicted molar refractivity (Wildman–Crippen MR) is 253 cm³/mol. The van der Waals surface area contributed by atoms with Crippen LogP contribution in [-0.2, 0) is 23.8 Å². The molecule has 0 aliphatic heterocycles. The number of amides is 1. The van der Waals surface area contributed by atoms with Gasteiger partial charge < -0.3 is 29.7 Å². The summed E-state index contributed by atoms with van der Waals surface area (Å²) in [4.78, 5) is 39.5. The van der Waals surface area contributed by atoms with Gasteiger partial charge in [0.1, 0.15) is 5.60 Å². The van der Waals surface area contributed by atoms with Gasteiger partial charge in [0.15, 0.2) is 0 Å². The molecule has 2 unspecified atom stereocenters. The van der Waals surface area contributed by atoms with Gasteiger partial charge in [0.25, 0.3) is 0 Å². The molecule has 0 rings (SSSR count). The number of aliphatic hydroxyl groups excluding tert-OH is 2. The quantitative estimate of drug-likeness (QED) is 0.0311. The summed E-state index contributed by atoms with van der Waals surface area (Å²) in [5.74, 6) is -0.131. The zero-order valence-electron chi connectivity index (χ0n) is 40.9. The van der Waals surface area contributed by atoms with Crippen LogP contribution >= 0.6 is 0 Å². The SMILES string of the molecule is CCCCCCCCCCC(=O)OCCCCC(O)CN(CCCCNC(=O)OC(C)(C)C)CC(O)CCCCCOC(=O)C(CCCCCCCC)CCCCCCCC. The molecule has 10 heteroatoms. The molecule has 362 valence electrons. The average molecular weight is 869 g/mol. The Morgan fingerprint density at radius 2 is 0.951 bits per heavy atom. The van der Waals surface area contributed by atoms with Gasteiger partial charge in [-0.2, -0.15) is 0 Å². The van der Waals surface area contributed by atoms with Crippen LogP contribution in [0.5, 0.6) is 0 Å². The van der Waals surface area contributed by atoms with Crippen molar-refractivity contribution >= 4 is 18.0 Å². The summed E-state index contributed by atoms with van der Waals surface area (Å²) < 4.78 is 16.6. The first kappa shape index (κ1) is 59.1. The van der Waals surface area contributed by atoms with Crippen LogP contribution in [0.15, 0.2) is 0 Å². The number of nitrogens with one attached hydrogen (secondary N) is 1. The molecule has 2 atom stereocenters. The van der Waals surface area contributed by atoms with Crippen molar-refractivity contribution in [2.24, 2.45) is 5.92 Å². The Kier molecular flexibility index (Phi) is 40.7. The Morgan fingerprint density at radius 3 is 1.48 bits per heavy atom. The third-order valence-corrected chi connectivity index (χ3v) is 11.5. The number of esters is 2. The molecule has 0 radical (unpaired) electrons. The molecule has 61 heavy (non-hydrogen) atoms. The largest absolute Gasteiger partial charge is 0.466 e. The molecule has 3 N–H and O–H groups in total. The third kappa shape index (κ3) is 41.8. The van der Waals surface area contributed by atoms with Gasteiger partial charge in [-0.25, -0.2) is 4.79 Å². The second-order valence-electron chi connectivity index (χ2n) is 19.0. The molecule has 0 aliphatic carbocycles. The lowest BCUT2D eigenvalue weighted by atomic mass is 9.94. The maximum Gasteiger partial charge on any atom is 0.407 e. The van der Waals surface area contributed by atoms with E-state index in [0.717, 1.165) is 77.0 Å². The fourth-order valence-corrected chi connectivity index (χ4v) is 7.82. The molecule has 0 aromatic carbocycles. The fourth-order valence-electron chi connectivity index (χ4n) is 7.82. The lowest BCUT2D eigenvalue weighted by Crippen LogP contribution is -2.39. The van der Waals surface area contributed by atoms with Gasteiger partial charge in [0, 0.05) is 26.1 Å². The highest BCUT2D eigenvalue weighted by atomic mass is 16.6. The molecule has 0 saturated carbocycles. The van der Waals surface area contributed by atoms with Crippen LogP contribution in [0.1, 0.15) is 247 Å². The van der Waals surface area contributed by atoms with E-state index in [1.807, 2.05) is 20.8 Å². The maximum atomic E-state index is 13.1. The third-order valence-electron chi connectivity index (χ3n) is 11.5. The zero-order chi connectivity index (χ0) is 45.2. The van der Waals surface area contributed by atoms with Crippen LogP contribution in [0.25, 0.3) is 0 Å². The number of hydrogen-bond donors (Lipinski definition) is 3. The number of rotatable bonds is 44. The number of aliphatic hydroxyl groups is 2. The molecule has 0 saturated heterocycles. The van der Waals surface area contributed by atoms with Gasteiger partial charge >= 0.3 is 18.0 Å². The van der Waals surface area contributed by atoms with Gasteiger partial charge in [-0.05, 0) is 97.9 Å². The van der Waals surface area contributed by atoms with E-state index in [1.54, 1.807) is 0 Å². The van der Waals surface area contributed by atoms with Gasteiger partial charge in [-0.15, -0.1) is 0 Å². The second-order valence-corrected chi connectivity index (χ2v) is 19.0. The first-order chi connectivity index (χ1) is 29.4. The van der Waals surface area contributed by atoms with Crippen LogP contribution < -0.4 is 5.32 Å². The van der Waals surface area contributed by atoms with E-state index >= 15 is 0 Å². The summed E-state index contributed by atoms with van der Waals surface area (Å²) in [5.41, 5.74) is -0.546. The second kappa shape index (κ2) is 42.1. The van der Waals surface area contributed by atoms with E-state index in [0.29, 0.717) is 65.1 Å². The van der Waals surface area contributed by atoms with E-state index in [2.05, 4.69) is 31.0 Å². The first-order valence-electron chi connectivity index (χ1n) is 25.8. The van der Waals surface area contributed by atoms with Gasteiger partial charge in [-0.1, -0.05) is 149 Å². The molecule has 0 aromatic heterocycles. The molecule has 0 bridgehead atoms. The standard InChI is InChI=1S/C51H100N2O8/c1-7-10-13-16-19-20-23-28-38-48(56)59-41-33-29-37-47(55)44-53(40-31-30-39-52-50(58)61-51(4,5)6)43-46(54)36-27-24-32-42-60-49(57)45(34-25-21-17-14-11-8-2)35-26-22-18-15-12-9-3/h45-47,54-55H,7-44H2,1-6H3,(H,52,58). The lowest BCUT2D eigenvalue weighted by Gasteiger charge is -2.27. The summed E-state index contributed by atoms with van der Waals surface area (Å²) in [6, 6.07) is 0. The molecular weight excluding hydrogens is 769 g/mol. The lowest BCUT2D eigenvalue weighted by molar-refractivity contribution is -0.149. The highest BCUT2D eigenvalue weighted by Gasteiger charge is 2.20. The molecule has 0 fully saturated rings. The highest BCUT2D eigenvalue weighted by molar-refractivity contribution is 5.72. The number of unbranched alkanes of at least 4 members (excludes halogenated alkanes) is 21. The smallest absolute Gasteiger partial charge is 0.407 e. The summed E-state index contributed by atoms with van der Waals surface area (Å²) in [7, 11) is 0. The molecule has 1 amide bonds. The maximum absolute atomic E-state index is 13.1. The van der Waals surface area contributed by atoms with Crippen LogP contribution in [0, 0.1) is 5.92 Å². The Labute approximate surface area is 376 Å². The topological polar surface area (TPSA) is 135 Å². The van der Waals surface area contributed by atoms with E-state index < -0.39 is 23.9 Å². The van der Waals surface area contributed by atoms with Crippen molar-refractivity contribution in [3.8, 4) is 0 Å². The van der Waals surface area contributed by atoms with Crippen molar-refractivity contribution in [2.75, 3.05) is 39.4 Å². The average Bonchev–Trinajstić information content (AvgIpc) is 3.20. The minimum atomic E-state index is -0.555. The molecule has 0 aromatic rings. The Hall–Kier alpha value is -1.91. The Morgan fingerprint density at radius 1 is 0.525 bits per heavy atom.